The number of hydrogen-bond donors (Lipinski definition) is 0. The number of hydrogen-bond acceptors (Lipinski definition) is 5. The van der Waals surface area contributed by atoms with Gasteiger partial charge in [0.2, 0.25) is 0 Å². The van der Waals surface area contributed by atoms with Gasteiger partial charge in [-0.2, -0.15) is 0 Å². The predicted octanol–water partition coefficient (Wildman–Crippen LogP) is 3.76. The van der Waals surface area contributed by atoms with E-state index < -0.39 is 22.5 Å². The maximum Gasteiger partial charge on any atom is 0.326 e. The van der Waals surface area contributed by atoms with Crippen LogP contribution in [0.15, 0.2) is 47.4 Å². The van der Waals surface area contributed by atoms with E-state index in [4.69, 9.17) is 27.9 Å². The summed E-state index contributed by atoms with van der Waals surface area (Å²) in [6.07, 6.45) is 0. The van der Waals surface area contributed by atoms with Gasteiger partial charge in [-0.15, -0.1) is 0 Å². The summed E-state index contributed by atoms with van der Waals surface area (Å²) in [4.78, 5) is 11.6. The highest BCUT2D eigenvalue weighted by atomic mass is 35.5. The molecule has 0 unspecified atom stereocenters. The highest BCUT2D eigenvalue weighted by molar-refractivity contribution is 7.93. The van der Waals surface area contributed by atoms with Crippen LogP contribution in [0.4, 0.5) is 5.69 Å². The number of carbonyl (C=O) groups excluding carboxylic acids is 1. The van der Waals surface area contributed by atoms with Gasteiger partial charge in [0.25, 0.3) is 10.0 Å². The Bertz CT molecular complexity index is 902. The molecule has 0 amide bonds. The first-order valence-corrected chi connectivity index (χ1v) is 9.76. The van der Waals surface area contributed by atoms with Gasteiger partial charge in [0.1, 0.15) is 17.2 Å². The molecule has 0 aliphatic carbocycles. The summed E-state index contributed by atoms with van der Waals surface area (Å²) in [6.45, 7) is 1.69. The van der Waals surface area contributed by atoms with Gasteiger partial charge in [-0.25, -0.2) is 8.42 Å². The molecule has 2 aromatic rings. The summed E-state index contributed by atoms with van der Waals surface area (Å²) in [5, 5.41) is 0.194. The molecule has 0 bridgehead atoms. The Kier molecular flexibility index (Phi) is 6.75. The second kappa shape index (κ2) is 8.62. The molecule has 26 heavy (non-hydrogen) atoms. The summed E-state index contributed by atoms with van der Waals surface area (Å²) in [6, 6.07) is 10.5. The molecule has 0 fully saturated rings. The first kappa shape index (κ1) is 20.4. The molecule has 0 spiro atoms. The molecule has 0 saturated heterocycles. The van der Waals surface area contributed by atoms with E-state index in [-0.39, 0.29) is 20.6 Å². The maximum absolute atomic E-state index is 13.2. The van der Waals surface area contributed by atoms with Crippen LogP contribution in [0.25, 0.3) is 0 Å². The highest BCUT2D eigenvalue weighted by Gasteiger charge is 2.30. The van der Waals surface area contributed by atoms with Crippen LogP contribution < -0.4 is 9.04 Å². The number of methoxy groups -OCH3 is 1. The number of halogens is 2. The van der Waals surface area contributed by atoms with Crippen LogP contribution in [0.1, 0.15) is 6.92 Å². The third-order valence-electron chi connectivity index (χ3n) is 3.38. The quantitative estimate of drug-likeness (QED) is 0.641. The molecule has 9 heteroatoms. The third kappa shape index (κ3) is 4.60. The van der Waals surface area contributed by atoms with E-state index >= 15 is 0 Å². The van der Waals surface area contributed by atoms with Crippen molar-refractivity contribution in [3.63, 3.8) is 0 Å². The number of rotatable bonds is 7. The number of benzene rings is 2. The zero-order chi connectivity index (χ0) is 19.3. The molecule has 0 aromatic heterocycles. The van der Waals surface area contributed by atoms with Crippen molar-refractivity contribution in [1.82, 2.24) is 0 Å². The SMILES string of the molecule is CCOc1cccc(N(CC(=O)OC)S(=O)(=O)c2cc(Cl)ccc2Cl)c1. The summed E-state index contributed by atoms with van der Waals surface area (Å²) < 4.78 is 37.3. The van der Waals surface area contributed by atoms with Crippen LogP contribution >= 0.6 is 23.2 Å². The van der Waals surface area contributed by atoms with Gasteiger partial charge >= 0.3 is 5.97 Å². The van der Waals surface area contributed by atoms with Gasteiger partial charge in [-0.3, -0.25) is 9.10 Å². The topological polar surface area (TPSA) is 72.9 Å². The Balaban J connectivity index is 2.58. The molecular formula is C17H17Cl2NO5S. The lowest BCUT2D eigenvalue weighted by Gasteiger charge is -2.24. The van der Waals surface area contributed by atoms with E-state index in [1.54, 1.807) is 25.1 Å². The second-order valence-corrected chi connectivity index (χ2v) is 7.77. The smallest absolute Gasteiger partial charge is 0.326 e. The van der Waals surface area contributed by atoms with Crippen LogP contribution in [0.3, 0.4) is 0 Å². The van der Waals surface area contributed by atoms with Gasteiger partial charge in [0.15, 0.2) is 0 Å². The van der Waals surface area contributed by atoms with E-state index in [1.165, 1.54) is 31.4 Å². The summed E-state index contributed by atoms with van der Waals surface area (Å²) >= 11 is 12.0. The minimum absolute atomic E-state index is 0.00905. The summed E-state index contributed by atoms with van der Waals surface area (Å²) in [7, 11) is -3.01. The molecule has 140 valence electrons. The molecule has 2 rings (SSSR count). The molecule has 0 atom stereocenters. The Morgan fingerprint density at radius 3 is 2.54 bits per heavy atom. The third-order valence-corrected chi connectivity index (χ3v) is 5.87. The molecular weight excluding hydrogens is 401 g/mol. The van der Waals surface area contributed by atoms with Crippen molar-refractivity contribution < 1.29 is 22.7 Å². The van der Waals surface area contributed by atoms with Crippen molar-refractivity contribution in [3.05, 3.63) is 52.5 Å². The zero-order valence-corrected chi connectivity index (χ0v) is 16.4. The Morgan fingerprint density at radius 1 is 1.15 bits per heavy atom. The average Bonchev–Trinajstić information content (AvgIpc) is 2.61. The highest BCUT2D eigenvalue weighted by Crippen LogP contribution is 2.32. The van der Waals surface area contributed by atoms with Crippen molar-refractivity contribution in [2.24, 2.45) is 0 Å². The average molecular weight is 418 g/mol. The Morgan fingerprint density at radius 2 is 1.88 bits per heavy atom. The number of nitrogens with zero attached hydrogens (tertiary/aromatic N) is 1. The van der Waals surface area contributed by atoms with Crippen molar-refractivity contribution in [2.75, 3.05) is 24.6 Å². The van der Waals surface area contributed by atoms with Crippen LogP contribution in [0, 0.1) is 0 Å². The number of sulfonamides is 1. The summed E-state index contributed by atoms with van der Waals surface area (Å²) in [5.41, 5.74) is 0.234. The second-order valence-electron chi connectivity index (χ2n) is 5.09. The fourth-order valence-electron chi connectivity index (χ4n) is 2.19. The standard InChI is InChI=1S/C17H17Cl2NO5S/c1-3-25-14-6-4-5-13(10-14)20(11-17(21)24-2)26(22,23)16-9-12(18)7-8-15(16)19/h4-10H,3,11H2,1-2H3. The molecule has 0 aliphatic heterocycles. The van der Waals surface area contributed by atoms with Crippen LogP contribution in [0.5, 0.6) is 5.75 Å². The van der Waals surface area contributed by atoms with Gasteiger partial charge < -0.3 is 9.47 Å². The normalized spacial score (nSPS) is 11.1. The molecule has 0 heterocycles. The zero-order valence-electron chi connectivity index (χ0n) is 14.1. The maximum atomic E-state index is 13.2. The lowest BCUT2D eigenvalue weighted by Crippen LogP contribution is -2.36. The molecule has 6 nitrogen and oxygen atoms in total. The van der Waals surface area contributed by atoms with Crippen molar-refractivity contribution in [2.45, 2.75) is 11.8 Å². The molecule has 0 radical (unpaired) electrons. The number of ether oxygens (including phenoxy) is 2. The first-order chi connectivity index (χ1) is 12.3. The molecule has 0 saturated carbocycles. The van der Waals surface area contributed by atoms with Crippen molar-refractivity contribution >= 4 is 44.9 Å². The lowest BCUT2D eigenvalue weighted by atomic mass is 10.3. The van der Waals surface area contributed by atoms with Gasteiger partial charge in [-0.05, 0) is 37.3 Å². The fraction of sp³-hybridized carbons (Fsp3) is 0.235. The first-order valence-electron chi connectivity index (χ1n) is 7.57. The number of carbonyl (C=O) groups is 1. The Labute approximate surface area is 162 Å². The van der Waals surface area contributed by atoms with E-state index in [2.05, 4.69) is 4.74 Å². The monoisotopic (exact) mass is 417 g/mol. The molecule has 0 N–H and O–H groups in total. The Hall–Kier alpha value is -1.96. The van der Waals surface area contributed by atoms with Crippen LogP contribution in [0.2, 0.25) is 10.0 Å². The van der Waals surface area contributed by atoms with E-state index in [0.29, 0.717) is 12.4 Å². The van der Waals surface area contributed by atoms with Crippen molar-refractivity contribution in [3.8, 4) is 5.75 Å². The van der Waals surface area contributed by atoms with Gasteiger partial charge in [0.05, 0.1) is 24.4 Å². The van der Waals surface area contributed by atoms with Crippen molar-refractivity contribution in [1.29, 1.82) is 0 Å². The predicted molar refractivity (Wildman–Crippen MR) is 101 cm³/mol. The number of anilines is 1. The van der Waals surface area contributed by atoms with Crippen LogP contribution in [-0.2, 0) is 19.6 Å². The summed E-state index contributed by atoms with van der Waals surface area (Å²) in [5.74, 6) is -0.263. The van der Waals surface area contributed by atoms with Crippen LogP contribution in [-0.4, -0.2) is 34.6 Å². The minimum Gasteiger partial charge on any atom is -0.494 e. The van der Waals surface area contributed by atoms with E-state index in [1.807, 2.05) is 0 Å². The van der Waals surface area contributed by atoms with E-state index in [0.717, 1.165) is 4.31 Å². The van der Waals surface area contributed by atoms with E-state index in [9.17, 15) is 13.2 Å². The fourth-order valence-corrected chi connectivity index (χ4v) is 4.33. The minimum atomic E-state index is -4.18. The lowest BCUT2D eigenvalue weighted by molar-refractivity contribution is -0.138. The largest absolute Gasteiger partial charge is 0.494 e. The molecule has 2 aromatic carbocycles. The van der Waals surface area contributed by atoms with Gasteiger partial charge in [0, 0.05) is 11.1 Å². The molecule has 0 aliphatic rings. The van der Waals surface area contributed by atoms with Gasteiger partial charge in [-0.1, -0.05) is 29.3 Å². The number of esters is 1.